The number of rotatable bonds is 6. The van der Waals surface area contributed by atoms with E-state index in [2.05, 4.69) is 5.32 Å². The highest BCUT2D eigenvalue weighted by Crippen LogP contribution is 2.23. The Morgan fingerprint density at radius 2 is 2.00 bits per heavy atom. The van der Waals surface area contributed by atoms with Crippen LogP contribution in [0.4, 0.5) is 0 Å². The van der Waals surface area contributed by atoms with Crippen molar-refractivity contribution in [3.63, 3.8) is 0 Å². The molecule has 0 bridgehead atoms. The summed E-state index contributed by atoms with van der Waals surface area (Å²) in [7, 11) is 0. The van der Waals surface area contributed by atoms with Crippen LogP contribution in [0, 0.1) is 12.8 Å². The van der Waals surface area contributed by atoms with Crippen molar-refractivity contribution in [1.29, 1.82) is 0 Å². The van der Waals surface area contributed by atoms with Crippen LogP contribution < -0.4 is 16.0 Å². The molecule has 0 saturated heterocycles. The highest BCUT2D eigenvalue weighted by atomic mass is 16.4. The Morgan fingerprint density at radius 1 is 1.32 bits per heavy atom. The van der Waals surface area contributed by atoms with Crippen molar-refractivity contribution in [3.05, 3.63) is 39.7 Å². The number of hydrogen-bond donors (Lipinski definition) is 2. The Balaban J connectivity index is 2.18. The fourth-order valence-electron chi connectivity index (χ4n) is 2.65. The Labute approximate surface area is 144 Å². The molecule has 0 aliphatic rings. The number of aryl methyl sites for hydroxylation is 1. The predicted octanol–water partition coefficient (Wildman–Crippen LogP) is 0.630. The molecule has 1 heterocycles. The SMILES string of the molecule is Cc1c(CCC(=O)N[C@H](C(=O)[O-])C(C)C)c(=O)oc2cc(O)ccc12. The highest BCUT2D eigenvalue weighted by Gasteiger charge is 2.18. The zero-order chi connectivity index (χ0) is 18.7. The van der Waals surface area contributed by atoms with Gasteiger partial charge in [0.15, 0.2) is 0 Å². The van der Waals surface area contributed by atoms with E-state index >= 15 is 0 Å². The summed E-state index contributed by atoms with van der Waals surface area (Å²) in [6, 6.07) is 3.40. The zero-order valence-electron chi connectivity index (χ0n) is 14.3. The van der Waals surface area contributed by atoms with Crippen LogP contribution in [0.25, 0.3) is 11.0 Å². The number of benzene rings is 1. The smallest absolute Gasteiger partial charge is 0.339 e. The van der Waals surface area contributed by atoms with Gasteiger partial charge < -0.3 is 24.7 Å². The lowest BCUT2D eigenvalue weighted by Crippen LogP contribution is -2.50. The third-order valence-corrected chi connectivity index (χ3v) is 4.11. The maximum absolute atomic E-state index is 12.1. The molecule has 1 atom stereocenters. The van der Waals surface area contributed by atoms with E-state index in [1.807, 2.05) is 0 Å². The second kappa shape index (κ2) is 7.38. The standard InChI is InChI=1S/C18H21NO6/c1-9(2)16(17(22)23)19-15(21)7-6-13-10(3)12-5-4-11(20)8-14(12)25-18(13)24/h4-5,8-9,16,20H,6-7H2,1-3H3,(H,19,21)(H,22,23)/p-1/t16-/m0/s1. The lowest BCUT2D eigenvalue weighted by atomic mass is 10.0. The first-order valence-corrected chi connectivity index (χ1v) is 7.96. The van der Waals surface area contributed by atoms with Gasteiger partial charge in [0.1, 0.15) is 11.3 Å². The molecule has 1 aromatic heterocycles. The molecule has 1 aromatic carbocycles. The molecule has 0 aliphatic heterocycles. The van der Waals surface area contributed by atoms with Gasteiger partial charge in [0.2, 0.25) is 5.91 Å². The van der Waals surface area contributed by atoms with Crippen molar-refractivity contribution in [3.8, 4) is 5.75 Å². The minimum Gasteiger partial charge on any atom is -0.548 e. The molecule has 0 fully saturated rings. The van der Waals surface area contributed by atoms with E-state index in [1.54, 1.807) is 26.8 Å². The number of aliphatic carboxylic acids is 1. The third-order valence-electron chi connectivity index (χ3n) is 4.11. The number of phenolic OH excluding ortho intramolecular Hbond substituents is 1. The van der Waals surface area contributed by atoms with E-state index in [0.29, 0.717) is 16.5 Å². The van der Waals surface area contributed by atoms with Gasteiger partial charge in [0.25, 0.3) is 0 Å². The fourth-order valence-corrected chi connectivity index (χ4v) is 2.65. The molecule has 7 heteroatoms. The summed E-state index contributed by atoms with van der Waals surface area (Å²) in [5.41, 5.74) is 0.707. The number of aromatic hydroxyl groups is 1. The molecule has 0 aliphatic carbocycles. The molecule has 134 valence electrons. The van der Waals surface area contributed by atoms with Crippen LogP contribution in [0.3, 0.4) is 0 Å². The number of carbonyl (C=O) groups is 2. The van der Waals surface area contributed by atoms with Crippen LogP contribution >= 0.6 is 0 Å². The molecule has 0 radical (unpaired) electrons. The van der Waals surface area contributed by atoms with Gasteiger partial charge >= 0.3 is 5.63 Å². The van der Waals surface area contributed by atoms with Crippen molar-refractivity contribution < 1.29 is 24.2 Å². The monoisotopic (exact) mass is 346 g/mol. The number of amides is 1. The molecular weight excluding hydrogens is 326 g/mol. The molecule has 7 nitrogen and oxygen atoms in total. The van der Waals surface area contributed by atoms with E-state index in [9.17, 15) is 24.6 Å². The Kier molecular flexibility index (Phi) is 5.46. The fraction of sp³-hybridized carbons (Fsp3) is 0.389. The molecular formula is C18H20NO6-. The second-order valence-corrected chi connectivity index (χ2v) is 6.28. The minimum atomic E-state index is -1.34. The Morgan fingerprint density at radius 3 is 2.60 bits per heavy atom. The number of carboxylic acid groups (broad SMARTS) is 1. The van der Waals surface area contributed by atoms with Crippen molar-refractivity contribution >= 4 is 22.8 Å². The number of nitrogens with one attached hydrogen (secondary N) is 1. The quantitative estimate of drug-likeness (QED) is 0.740. The summed E-state index contributed by atoms with van der Waals surface area (Å²) >= 11 is 0. The Bertz CT molecular complexity index is 868. The van der Waals surface area contributed by atoms with Gasteiger partial charge in [0, 0.05) is 23.4 Å². The molecule has 1 amide bonds. The van der Waals surface area contributed by atoms with Crippen LogP contribution in [-0.2, 0) is 16.0 Å². The van der Waals surface area contributed by atoms with Gasteiger partial charge in [-0.2, -0.15) is 0 Å². The maximum atomic E-state index is 12.1. The summed E-state index contributed by atoms with van der Waals surface area (Å²) < 4.78 is 5.19. The van der Waals surface area contributed by atoms with Gasteiger partial charge in [-0.15, -0.1) is 0 Å². The number of phenols is 1. The number of fused-ring (bicyclic) bond motifs is 1. The predicted molar refractivity (Wildman–Crippen MR) is 89.0 cm³/mol. The van der Waals surface area contributed by atoms with E-state index < -0.39 is 23.5 Å². The molecule has 0 unspecified atom stereocenters. The lowest BCUT2D eigenvalue weighted by Gasteiger charge is -2.23. The molecule has 0 saturated carbocycles. The summed E-state index contributed by atoms with van der Waals surface area (Å²) in [6.45, 7) is 5.07. The number of carbonyl (C=O) groups excluding carboxylic acids is 2. The van der Waals surface area contributed by atoms with Crippen LogP contribution in [0.2, 0.25) is 0 Å². The van der Waals surface area contributed by atoms with E-state index in [0.717, 1.165) is 0 Å². The Hall–Kier alpha value is -2.83. The summed E-state index contributed by atoms with van der Waals surface area (Å²) in [5.74, 6) is -2.14. The molecule has 25 heavy (non-hydrogen) atoms. The first-order chi connectivity index (χ1) is 11.7. The van der Waals surface area contributed by atoms with E-state index in [-0.39, 0.29) is 30.1 Å². The number of hydrogen-bond acceptors (Lipinski definition) is 6. The highest BCUT2D eigenvalue weighted by molar-refractivity contribution is 5.84. The first kappa shape index (κ1) is 18.5. The van der Waals surface area contributed by atoms with Gasteiger partial charge in [-0.25, -0.2) is 4.79 Å². The largest absolute Gasteiger partial charge is 0.548 e. The molecule has 2 rings (SSSR count). The average Bonchev–Trinajstić information content (AvgIpc) is 2.51. The third kappa shape index (κ3) is 4.17. The minimum absolute atomic E-state index is 0.0100. The summed E-state index contributed by atoms with van der Waals surface area (Å²) in [6.07, 6.45) is 0.0698. The van der Waals surface area contributed by atoms with Crippen molar-refractivity contribution in [1.82, 2.24) is 5.32 Å². The van der Waals surface area contributed by atoms with Crippen molar-refractivity contribution in [2.45, 2.75) is 39.7 Å². The van der Waals surface area contributed by atoms with Crippen LogP contribution in [0.5, 0.6) is 5.75 Å². The van der Waals surface area contributed by atoms with Gasteiger partial charge in [0.05, 0.1) is 12.0 Å². The van der Waals surface area contributed by atoms with Crippen LogP contribution in [0.15, 0.2) is 27.4 Å². The number of carboxylic acids is 1. The molecule has 2 N–H and O–H groups in total. The normalized spacial score (nSPS) is 12.3. The van der Waals surface area contributed by atoms with Crippen molar-refractivity contribution in [2.24, 2.45) is 5.92 Å². The average molecular weight is 346 g/mol. The topological polar surface area (TPSA) is 120 Å². The van der Waals surface area contributed by atoms with Gasteiger partial charge in [-0.05, 0) is 37.0 Å². The zero-order valence-corrected chi connectivity index (χ0v) is 14.3. The van der Waals surface area contributed by atoms with Crippen molar-refractivity contribution in [2.75, 3.05) is 0 Å². The lowest BCUT2D eigenvalue weighted by molar-refractivity contribution is -0.309. The summed E-state index contributed by atoms with van der Waals surface area (Å²) in [5, 5.41) is 23.6. The molecule has 2 aromatic rings. The maximum Gasteiger partial charge on any atom is 0.339 e. The first-order valence-electron chi connectivity index (χ1n) is 7.96. The summed E-state index contributed by atoms with van der Waals surface area (Å²) in [4.78, 5) is 35.2. The van der Waals surface area contributed by atoms with Gasteiger partial charge in [-0.3, -0.25) is 4.79 Å². The molecule has 0 spiro atoms. The van der Waals surface area contributed by atoms with Crippen LogP contribution in [0.1, 0.15) is 31.4 Å². The van der Waals surface area contributed by atoms with E-state index in [4.69, 9.17) is 4.42 Å². The van der Waals surface area contributed by atoms with Gasteiger partial charge in [-0.1, -0.05) is 13.8 Å². The van der Waals surface area contributed by atoms with E-state index in [1.165, 1.54) is 12.1 Å². The second-order valence-electron chi connectivity index (χ2n) is 6.28. The van der Waals surface area contributed by atoms with Crippen LogP contribution in [-0.4, -0.2) is 23.0 Å².